The van der Waals surface area contributed by atoms with Gasteiger partial charge in [0.05, 0.1) is 5.56 Å². The van der Waals surface area contributed by atoms with Gasteiger partial charge in [-0.15, -0.1) is 0 Å². The fourth-order valence-electron chi connectivity index (χ4n) is 5.76. The van der Waals surface area contributed by atoms with Gasteiger partial charge in [0.2, 0.25) is 5.91 Å². The molecule has 0 aliphatic carbocycles. The molecule has 0 saturated carbocycles. The van der Waals surface area contributed by atoms with E-state index in [-0.39, 0.29) is 23.5 Å². The summed E-state index contributed by atoms with van der Waals surface area (Å²) in [5.41, 5.74) is 2.02. The van der Waals surface area contributed by atoms with Crippen molar-refractivity contribution >= 4 is 17.9 Å². The van der Waals surface area contributed by atoms with E-state index in [1.54, 1.807) is 7.05 Å². The topological polar surface area (TPSA) is 43.9 Å². The monoisotopic (exact) mass is 617 g/mol. The molecule has 0 unspecified atom stereocenters. The summed E-state index contributed by atoms with van der Waals surface area (Å²) in [5, 5.41) is 0. The number of piperazine rings is 1. The van der Waals surface area contributed by atoms with Crippen molar-refractivity contribution in [2.24, 2.45) is 0 Å². The lowest BCUT2D eigenvalue weighted by molar-refractivity contribution is -0.144. The molecule has 3 aromatic rings. The molecule has 45 heavy (non-hydrogen) atoms. The number of carbonyl (C=O) groups excluding carboxylic acids is 2. The summed E-state index contributed by atoms with van der Waals surface area (Å²) < 4.78 is 41.8. The fourth-order valence-corrected chi connectivity index (χ4v) is 5.76. The molecule has 8 heteroatoms. The van der Waals surface area contributed by atoms with Crippen LogP contribution in [-0.2, 0) is 28.7 Å². The number of carbonyl (C=O) groups is 2. The van der Waals surface area contributed by atoms with Crippen molar-refractivity contribution in [2.75, 3.05) is 33.2 Å². The van der Waals surface area contributed by atoms with Gasteiger partial charge in [0.1, 0.15) is 6.04 Å². The van der Waals surface area contributed by atoms with Gasteiger partial charge in [-0.2, -0.15) is 13.2 Å². The third-order valence-corrected chi connectivity index (χ3v) is 8.25. The summed E-state index contributed by atoms with van der Waals surface area (Å²) in [5.74, 6) is -0.646. The van der Waals surface area contributed by atoms with Crippen molar-refractivity contribution in [1.29, 1.82) is 0 Å². The van der Waals surface area contributed by atoms with Crippen LogP contribution in [0.15, 0.2) is 102 Å². The standard InChI is InChI=1S/C37H42F3N3O2/c1-4-14-30(5-2)32(26-31-19-12-13-20-33(31)37(38,39)40)35(44)41(3)34(25-28-15-8-6-9-16-28)36(45)43-23-21-42(22-24-43)27-29-17-10-7-11-18-29/h6-20,26,34H,4-5,21-25,27H2,1-3H3/b30-14+,32-26+/t34-/m0/s1. The van der Waals surface area contributed by atoms with Crippen molar-refractivity contribution in [2.45, 2.75) is 51.9 Å². The first kappa shape index (κ1) is 33.7. The lowest BCUT2D eigenvalue weighted by Crippen LogP contribution is -2.55. The van der Waals surface area contributed by atoms with Crippen LogP contribution in [0.4, 0.5) is 13.2 Å². The van der Waals surface area contributed by atoms with Crippen molar-refractivity contribution in [3.63, 3.8) is 0 Å². The smallest absolute Gasteiger partial charge is 0.338 e. The summed E-state index contributed by atoms with van der Waals surface area (Å²) in [6, 6.07) is 24.1. The minimum Gasteiger partial charge on any atom is -0.338 e. The number of nitrogens with zero attached hydrogens (tertiary/aromatic N) is 3. The maximum atomic E-state index is 14.3. The average Bonchev–Trinajstić information content (AvgIpc) is 3.05. The molecule has 1 aliphatic heterocycles. The lowest BCUT2D eigenvalue weighted by atomic mass is 9.95. The first-order chi connectivity index (χ1) is 21.6. The Hall–Kier alpha value is -4.17. The van der Waals surface area contributed by atoms with Crippen LogP contribution in [0.2, 0.25) is 0 Å². The molecule has 3 aromatic carbocycles. The minimum absolute atomic E-state index is 0.0855. The van der Waals surface area contributed by atoms with E-state index in [1.165, 1.54) is 34.7 Å². The Labute approximate surface area is 264 Å². The molecule has 0 N–H and O–H groups in total. The molecule has 1 atom stereocenters. The Kier molecular flexibility index (Phi) is 11.8. The van der Waals surface area contributed by atoms with Gasteiger partial charge >= 0.3 is 6.18 Å². The Balaban J connectivity index is 1.64. The van der Waals surface area contributed by atoms with Gasteiger partial charge in [-0.25, -0.2) is 0 Å². The number of rotatable bonds is 11. The zero-order valence-electron chi connectivity index (χ0n) is 26.3. The van der Waals surface area contributed by atoms with E-state index in [4.69, 9.17) is 0 Å². The van der Waals surface area contributed by atoms with Gasteiger partial charge in [0.25, 0.3) is 5.91 Å². The number of halogens is 3. The van der Waals surface area contributed by atoms with Crippen molar-refractivity contribution in [1.82, 2.24) is 14.7 Å². The van der Waals surface area contributed by atoms with Gasteiger partial charge in [-0.05, 0) is 47.2 Å². The highest BCUT2D eigenvalue weighted by Crippen LogP contribution is 2.34. The number of hydrogen-bond donors (Lipinski definition) is 0. The van der Waals surface area contributed by atoms with Gasteiger partial charge in [-0.1, -0.05) is 98.8 Å². The van der Waals surface area contributed by atoms with Crippen molar-refractivity contribution in [3.05, 3.63) is 124 Å². The summed E-state index contributed by atoms with van der Waals surface area (Å²) in [4.78, 5) is 34.0. The molecule has 5 nitrogen and oxygen atoms in total. The maximum absolute atomic E-state index is 14.3. The van der Waals surface area contributed by atoms with E-state index >= 15 is 0 Å². The lowest BCUT2D eigenvalue weighted by Gasteiger charge is -2.38. The molecule has 1 heterocycles. The van der Waals surface area contributed by atoms with Crippen molar-refractivity contribution < 1.29 is 22.8 Å². The predicted molar refractivity (Wildman–Crippen MR) is 173 cm³/mol. The first-order valence-corrected chi connectivity index (χ1v) is 15.6. The number of benzene rings is 3. The van der Waals surface area contributed by atoms with Gasteiger partial charge < -0.3 is 9.80 Å². The van der Waals surface area contributed by atoms with E-state index in [1.807, 2.05) is 73.4 Å². The number of hydrogen-bond acceptors (Lipinski definition) is 3. The summed E-state index contributed by atoms with van der Waals surface area (Å²) in [7, 11) is 1.59. The van der Waals surface area contributed by atoms with Crippen LogP contribution >= 0.6 is 0 Å². The molecule has 2 amide bonds. The Morgan fingerprint density at radius 3 is 2.00 bits per heavy atom. The SMILES string of the molecule is CC/C=C(CC)/C(=C\c1ccccc1C(F)(F)F)C(=O)N(C)[C@@H](Cc1ccccc1)C(=O)N1CCN(Cc2ccccc2)CC1. The highest BCUT2D eigenvalue weighted by Gasteiger charge is 2.36. The third kappa shape index (κ3) is 8.94. The zero-order chi connectivity index (χ0) is 32.4. The highest BCUT2D eigenvalue weighted by molar-refractivity contribution is 6.04. The number of allylic oxidation sites excluding steroid dienone is 1. The normalized spacial score (nSPS) is 15.6. The molecule has 0 bridgehead atoms. The van der Waals surface area contributed by atoms with E-state index in [0.717, 1.165) is 18.2 Å². The molecule has 0 aromatic heterocycles. The molecular weight excluding hydrogens is 575 g/mol. The second kappa shape index (κ2) is 15.7. The Morgan fingerprint density at radius 2 is 1.42 bits per heavy atom. The Morgan fingerprint density at radius 1 is 0.844 bits per heavy atom. The van der Waals surface area contributed by atoms with E-state index in [0.29, 0.717) is 44.6 Å². The van der Waals surface area contributed by atoms with Crippen molar-refractivity contribution in [3.8, 4) is 0 Å². The van der Waals surface area contributed by atoms with Crippen LogP contribution < -0.4 is 0 Å². The molecule has 0 spiro atoms. The van der Waals surface area contributed by atoms with Gasteiger partial charge in [0, 0.05) is 51.8 Å². The second-order valence-electron chi connectivity index (χ2n) is 11.3. The van der Waals surface area contributed by atoms with Crippen LogP contribution in [0, 0.1) is 0 Å². The largest absolute Gasteiger partial charge is 0.416 e. The Bertz CT molecular complexity index is 1480. The average molecular weight is 618 g/mol. The number of likely N-dealkylation sites (N-methyl/N-ethyl adjacent to an activating group) is 1. The summed E-state index contributed by atoms with van der Waals surface area (Å²) >= 11 is 0. The molecule has 4 rings (SSSR count). The summed E-state index contributed by atoms with van der Waals surface area (Å²) in [6.45, 7) is 7.05. The van der Waals surface area contributed by atoms with Crippen LogP contribution in [0.1, 0.15) is 48.9 Å². The predicted octanol–water partition coefficient (Wildman–Crippen LogP) is 7.25. The van der Waals surface area contributed by atoms with Gasteiger partial charge in [0.15, 0.2) is 0 Å². The zero-order valence-corrected chi connectivity index (χ0v) is 26.3. The number of alkyl halides is 3. The van der Waals surface area contributed by atoms with E-state index in [2.05, 4.69) is 17.0 Å². The van der Waals surface area contributed by atoms with Crippen LogP contribution in [0.5, 0.6) is 0 Å². The van der Waals surface area contributed by atoms with Gasteiger partial charge in [-0.3, -0.25) is 14.5 Å². The molecular formula is C37H42F3N3O2. The van der Waals surface area contributed by atoms with Crippen LogP contribution in [0.25, 0.3) is 6.08 Å². The molecule has 1 saturated heterocycles. The highest BCUT2D eigenvalue weighted by atomic mass is 19.4. The number of amides is 2. The molecule has 0 radical (unpaired) electrons. The second-order valence-corrected chi connectivity index (χ2v) is 11.3. The van der Waals surface area contributed by atoms with Crippen LogP contribution in [-0.4, -0.2) is 65.8 Å². The van der Waals surface area contributed by atoms with E-state index in [9.17, 15) is 22.8 Å². The minimum atomic E-state index is -4.58. The first-order valence-electron chi connectivity index (χ1n) is 15.6. The van der Waals surface area contributed by atoms with Crippen LogP contribution in [0.3, 0.4) is 0 Å². The maximum Gasteiger partial charge on any atom is 0.416 e. The third-order valence-electron chi connectivity index (χ3n) is 8.25. The quantitative estimate of drug-likeness (QED) is 0.168. The summed E-state index contributed by atoms with van der Waals surface area (Å²) in [6.07, 6.45) is -0.0288. The van der Waals surface area contributed by atoms with E-state index < -0.39 is 23.7 Å². The molecule has 238 valence electrons. The molecule has 1 aliphatic rings. The molecule has 1 fully saturated rings. The fraction of sp³-hybridized carbons (Fsp3) is 0.351.